The first-order chi connectivity index (χ1) is 2.77. The van der Waals surface area contributed by atoms with Gasteiger partial charge in [0, 0.05) is 4.91 Å². The lowest BCUT2D eigenvalue weighted by Gasteiger charge is -1.85. The third-order valence-electron chi connectivity index (χ3n) is 0.185. The maximum absolute atomic E-state index is 7.54. The molecular formula is CH5N5. The molecule has 0 saturated heterocycles. The minimum absolute atomic E-state index is 0.894. The average Bonchev–Trinajstić information content (AvgIpc) is 1.35. The van der Waals surface area contributed by atoms with E-state index in [0.29, 0.717) is 0 Å². The molecule has 5 heteroatoms. The second-order valence-corrected chi connectivity index (χ2v) is 0.696. The molecule has 0 aliphatic carbocycles. The van der Waals surface area contributed by atoms with E-state index in [2.05, 4.69) is 10.0 Å². The summed E-state index contributed by atoms with van der Waals surface area (Å²) in [5, 5.41) is 2.86. The van der Waals surface area contributed by atoms with Crippen molar-refractivity contribution in [2.24, 2.45) is 16.6 Å². The van der Waals surface area contributed by atoms with Crippen molar-refractivity contribution in [2.45, 2.75) is 6.29 Å². The SMILES string of the molecule is [N-]=[N+]=NC(N)N. The summed E-state index contributed by atoms with van der Waals surface area (Å²) in [7, 11) is 0. The molecule has 0 fully saturated rings. The maximum atomic E-state index is 7.54. The quantitative estimate of drug-likeness (QED) is 0.195. The van der Waals surface area contributed by atoms with Crippen LogP contribution in [0.4, 0.5) is 0 Å². The van der Waals surface area contributed by atoms with Gasteiger partial charge in [0.25, 0.3) is 0 Å². The van der Waals surface area contributed by atoms with E-state index in [9.17, 15) is 0 Å². The lowest BCUT2D eigenvalue weighted by molar-refractivity contribution is 0.742. The summed E-state index contributed by atoms with van der Waals surface area (Å²) in [4.78, 5) is 2.31. The zero-order valence-electron chi connectivity index (χ0n) is 3.07. The van der Waals surface area contributed by atoms with Gasteiger partial charge in [-0.1, -0.05) is 5.11 Å². The average molecular weight is 87.1 g/mol. The van der Waals surface area contributed by atoms with Gasteiger partial charge < -0.3 is 11.5 Å². The van der Waals surface area contributed by atoms with E-state index in [1.165, 1.54) is 0 Å². The lowest BCUT2D eigenvalue weighted by atomic mass is 11.0. The first-order valence-electron chi connectivity index (χ1n) is 1.32. The summed E-state index contributed by atoms with van der Waals surface area (Å²) in [6, 6.07) is 0. The molecule has 5 nitrogen and oxygen atoms in total. The fourth-order valence-corrected chi connectivity index (χ4v) is 0.0596. The van der Waals surface area contributed by atoms with E-state index in [4.69, 9.17) is 17.0 Å². The Bertz CT molecular complexity index is 68.0. The highest BCUT2D eigenvalue weighted by Crippen LogP contribution is 1.63. The monoisotopic (exact) mass is 87.1 g/mol. The predicted octanol–water partition coefficient (Wildman–Crippen LogP) is -0.502. The summed E-state index contributed by atoms with van der Waals surface area (Å²) in [5.74, 6) is 0. The molecule has 0 atom stereocenters. The van der Waals surface area contributed by atoms with E-state index in [-0.39, 0.29) is 0 Å². The van der Waals surface area contributed by atoms with Crippen LogP contribution >= 0.6 is 0 Å². The molecule has 0 aromatic carbocycles. The highest BCUT2D eigenvalue weighted by atomic mass is 15.2. The third kappa shape index (κ3) is 3.23. The van der Waals surface area contributed by atoms with Crippen molar-refractivity contribution in [2.75, 3.05) is 0 Å². The molecule has 0 aromatic rings. The standard InChI is InChI=1S/CH5N5/c2-1(3)5-6-4/h1H,2-3H2. The van der Waals surface area contributed by atoms with Gasteiger partial charge in [-0.15, -0.1) is 0 Å². The van der Waals surface area contributed by atoms with Crippen LogP contribution in [0.2, 0.25) is 0 Å². The Labute approximate surface area is 34.6 Å². The van der Waals surface area contributed by atoms with Crippen molar-refractivity contribution in [3.63, 3.8) is 0 Å². The van der Waals surface area contributed by atoms with Crippen molar-refractivity contribution in [3.05, 3.63) is 10.4 Å². The van der Waals surface area contributed by atoms with Gasteiger partial charge in [0.1, 0.15) is 6.29 Å². The number of hydrogen-bond donors (Lipinski definition) is 2. The maximum Gasteiger partial charge on any atom is 0.133 e. The number of rotatable bonds is 1. The first-order valence-corrected chi connectivity index (χ1v) is 1.32. The molecule has 0 bridgehead atoms. The molecular weight excluding hydrogens is 82.0 g/mol. The van der Waals surface area contributed by atoms with Gasteiger partial charge in [-0.25, -0.2) is 0 Å². The van der Waals surface area contributed by atoms with Crippen LogP contribution in [-0.2, 0) is 0 Å². The van der Waals surface area contributed by atoms with Gasteiger partial charge in [-0.2, -0.15) is 0 Å². The van der Waals surface area contributed by atoms with Crippen LogP contribution in [0.3, 0.4) is 0 Å². The Morgan fingerprint density at radius 2 is 2.17 bits per heavy atom. The summed E-state index contributed by atoms with van der Waals surface area (Å²) in [5.41, 5.74) is 17.1. The lowest BCUT2D eigenvalue weighted by Crippen LogP contribution is -2.26. The van der Waals surface area contributed by atoms with Crippen molar-refractivity contribution in [1.82, 2.24) is 0 Å². The van der Waals surface area contributed by atoms with Gasteiger partial charge in [0.05, 0.1) is 0 Å². The van der Waals surface area contributed by atoms with Gasteiger partial charge >= 0.3 is 0 Å². The molecule has 0 aliphatic heterocycles. The molecule has 6 heavy (non-hydrogen) atoms. The number of nitrogens with zero attached hydrogens (tertiary/aromatic N) is 3. The number of azide groups is 1. The smallest absolute Gasteiger partial charge is 0.133 e. The highest BCUT2D eigenvalue weighted by molar-refractivity contribution is 4.45. The fraction of sp³-hybridized carbons (Fsp3) is 1.00. The van der Waals surface area contributed by atoms with E-state index < -0.39 is 6.29 Å². The van der Waals surface area contributed by atoms with Crippen LogP contribution in [0.5, 0.6) is 0 Å². The van der Waals surface area contributed by atoms with Crippen LogP contribution in [0.25, 0.3) is 10.4 Å². The molecule has 0 amide bonds. The molecule has 0 heterocycles. The Kier molecular flexibility index (Phi) is 2.15. The largest absolute Gasteiger partial charge is 0.311 e. The minimum Gasteiger partial charge on any atom is -0.311 e. The van der Waals surface area contributed by atoms with Crippen LogP contribution in [0.1, 0.15) is 0 Å². The van der Waals surface area contributed by atoms with Crippen LogP contribution in [0, 0.1) is 0 Å². The molecule has 4 N–H and O–H groups in total. The zero-order chi connectivity index (χ0) is 4.99. The van der Waals surface area contributed by atoms with Crippen molar-refractivity contribution >= 4 is 0 Å². The van der Waals surface area contributed by atoms with Crippen LogP contribution in [0.15, 0.2) is 5.11 Å². The van der Waals surface area contributed by atoms with Gasteiger partial charge in [0.15, 0.2) is 0 Å². The highest BCUT2D eigenvalue weighted by Gasteiger charge is 1.77. The molecule has 0 saturated carbocycles. The molecule has 34 valence electrons. The molecule has 0 spiro atoms. The fourth-order valence-electron chi connectivity index (χ4n) is 0.0596. The second kappa shape index (κ2) is 2.47. The molecule has 0 aliphatic rings. The van der Waals surface area contributed by atoms with E-state index >= 15 is 0 Å². The summed E-state index contributed by atoms with van der Waals surface area (Å²) in [6.45, 7) is 0. The third-order valence-corrected chi connectivity index (χ3v) is 0.185. The van der Waals surface area contributed by atoms with Gasteiger partial charge in [-0.05, 0) is 5.53 Å². The Hall–Kier alpha value is -0.770. The van der Waals surface area contributed by atoms with E-state index in [1.807, 2.05) is 0 Å². The van der Waals surface area contributed by atoms with E-state index in [1.54, 1.807) is 0 Å². The van der Waals surface area contributed by atoms with Crippen LogP contribution < -0.4 is 11.5 Å². The molecule has 0 radical (unpaired) electrons. The summed E-state index contributed by atoms with van der Waals surface area (Å²) in [6.07, 6.45) is -0.894. The Balaban J connectivity index is 3.29. The Morgan fingerprint density at radius 3 is 2.17 bits per heavy atom. The minimum atomic E-state index is -0.894. The number of hydrogen-bond acceptors (Lipinski definition) is 3. The summed E-state index contributed by atoms with van der Waals surface area (Å²) >= 11 is 0. The van der Waals surface area contributed by atoms with Gasteiger partial charge in [0.2, 0.25) is 0 Å². The zero-order valence-corrected chi connectivity index (χ0v) is 3.07. The van der Waals surface area contributed by atoms with Crippen LogP contribution in [-0.4, -0.2) is 6.29 Å². The van der Waals surface area contributed by atoms with Crippen molar-refractivity contribution in [1.29, 1.82) is 0 Å². The summed E-state index contributed by atoms with van der Waals surface area (Å²) < 4.78 is 0. The topological polar surface area (TPSA) is 101 Å². The molecule has 0 unspecified atom stereocenters. The van der Waals surface area contributed by atoms with Crippen molar-refractivity contribution in [3.8, 4) is 0 Å². The molecule has 0 rings (SSSR count). The van der Waals surface area contributed by atoms with Crippen molar-refractivity contribution < 1.29 is 0 Å². The van der Waals surface area contributed by atoms with Gasteiger partial charge in [-0.3, -0.25) is 0 Å². The second-order valence-electron chi connectivity index (χ2n) is 0.696. The number of nitrogens with two attached hydrogens (primary N) is 2. The Morgan fingerprint density at radius 1 is 1.67 bits per heavy atom. The molecule has 0 aromatic heterocycles. The van der Waals surface area contributed by atoms with E-state index in [0.717, 1.165) is 0 Å². The predicted molar refractivity (Wildman–Crippen MR) is 21.3 cm³/mol. The first kappa shape index (κ1) is 5.23. The normalized spacial score (nSPS) is 7.83.